The molecule has 2 nitrogen and oxygen atoms in total. The molecule has 3 rings (SSSR count). The molecule has 0 aliphatic carbocycles. The van der Waals surface area contributed by atoms with Crippen molar-refractivity contribution in [1.29, 1.82) is 0 Å². The average molecular weight is 189 g/mol. The van der Waals surface area contributed by atoms with E-state index in [2.05, 4.69) is 30.4 Å². The Hall–Kier alpha value is -1.02. The zero-order chi connectivity index (χ0) is 9.60. The van der Waals surface area contributed by atoms with E-state index in [4.69, 9.17) is 4.74 Å². The molecule has 1 saturated heterocycles. The third-order valence-electron chi connectivity index (χ3n) is 3.38. The lowest BCUT2D eigenvalue weighted by Crippen LogP contribution is -2.46. The summed E-state index contributed by atoms with van der Waals surface area (Å²) in [7, 11) is 0. The number of fused-ring (bicyclic) bond motifs is 3. The van der Waals surface area contributed by atoms with Crippen LogP contribution in [0.3, 0.4) is 0 Å². The van der Waals surface area contributed by atoms with Crippen LogP contribution in [-0.2, 0) is 0 Å². The van der Waals surface area contributed by atoms with Crippen molar-refractivity contribution in [2.24, 2.45) is 0 Å². The van der Waals surface area contributed by atoms with Gasteiger partial charge >= 0.3 is 0 Å². The van der Waals surface area contributed by atoms with E-state index in [-0.39, 0.29) is 5.60 Å². The van der Waals surface area contributed by atoms with E-state index in [1.54, 1.807) is 0 Å². The van der Waals surface area contributed by atoms with Crippen LogP contribution in [0.5, 0.6) is 5.75 Å². The van der Waals surface area contributed by atoms with Crippen LogP contribution in [0.2, 0.25) is 0 Å². The number of para-hydroxylation sites is 1. The highest BCUT2D eigenvalue weighted by atomic mass is 16.5. The summed E-state index contributed by atoms with van der Waals surface area (Å²) in [6, 6.07) is 8.76. The first-order valence-electron chi connectivity index (χ1n) is 5.31. The highest BCUT2D eigenvalue weighted by Gasteiger charge is 2.45. The lowest BCUT2D eigenvalue weighted by Gasteiger charge is -2.35. The van der Waals surface area contributed by atoms with Crippen molar-refractivity contribution in [2.75, 3.05) is 6.54 Å². The van der Waals surface area contributed by atoms with Crippen LogP contribution in [0.1, 0.15) is 31.4 Å². The van der Waals surface area contributed by atoms with E-state index in [1.807, 2.05) is 6.07 Å². The van der Waals surface area contributed by atoms with E-state index < -0.39 is 0 Å². The van der Waals surface area contributed by atoms with Gasteiger partial charge in [-0.15, -0.1) is 0 Å². The van der Waals surface area contributed by atoms with Gasteiger partial charge in [0.25, 0.3) is 0 Å². The molecule has 0 unspecified atom stereocenters. The summed E-state index contributed by atoms with van der Waals surface area (Å²) in [5, 5.41) is 3.55. The summed E-state index contributed by atoms with van der Waals surface area (Å²) < 4.78 is 6.04. The molecule has 0 saturated carbocycles. The van der Waals surface area contributed by atoms with Crippen molar-refractivity contribution in [3.05, 3.63) is 29.8 Å². The van der Waals surface area contributed by atoms with Gasteiger partial charge in [-0.25, -0.2) is 0 Å². The first-order chi connectivity index (χ1) is 6.80. The number of rotatable bonds is 0. The molecule has 1 aromatic rings. The lowest BCUT2D eigenvalue weighted by molar-refractivity contribution is 0.0469. The molecule has 0 amide bonds. The Kier molecular flexibility index (Phi) is 1.62. The molecule has 2 heterocycles. The van der Waals surface area contributed by atoms with Crippen LogP contribution in [0.15, 0.2) is 24.3 Å². The predicted molar refractivity (Wildman–Crippen MR) is 55.5 cm³/mol. The third kappa shape index (κ3) is 1.01. The van der Waals surface area contributed by atoms with E-state index in [1.165, 1.54) is 12.0 Å². The fourth-order valence-corrected chi connectivity index (χ4v) is 2.66. The second-order valence-electron chi connectivity index (χ2n) is 4.44. The molecular formula is C12H15NO. The van der Waals surface area contributed by atoms with Gasteiger partial charge in [-0.1, -0.05) is 18.2 Å². The van der Waals surface area contributed by atoms with Crippen LogP contribution in [0.25, 0.3) is 0 Å². The Morgan fingerprint density at radius 2 is 2.29 bits per heavy atom. The van der Waals surface area contributed by atoms with Gasteiger partial charge in [-0.05, 0) is 32.4 Å². The molecule has 1 N–H and O–H groups in total. The van der Waals surface area contributed by atoms with Gasteiger partial charge in [0, 0.05) is 5.56 Å². The Morgan fingerprint density at radius 3 is 3.21 bits per heavy atom. The van der Waals surface area contributed by atoms with E-state index in [9.17, 15) is 0 Å². The molecule has 0 radical (unpaired) electrons. The highest BCUT2D eigenvalue weighted by Crippen LogP contribution is 2.46. The van der Waals surface area contributed by atoms with Gasteiger partial charge in [-0.3, -0.25) is 0 Å². The molecular weight excluding hydrogens is 174 g/mol. The minimum absolute atomic E-state index is 0.0120. The number of hydrogen-bond donors (Lipinski definition) is 1. The Morgan fingerprint density at radius 1 is 1.43 bits per heavy atom. The SMILES string of the molecule is C[C@@]12CCCN[C@@H]1c1ccccc1O2. The van der Waals surface area contributed by atoms with Crippen molar-refractivity contribution < 1.29 is 4.74 Å². The molecule has 0 bridgehead atoms. The summed E-state index contributed by atoms with van der Waals surface area (Å²) in [5.74, 6) is 1.06. The average Bonchev–Trinajstić information content (AvgIpc) is 2.49. The summed E-state index contributed by atoms with van der Waals surface area (Å²) in [4.78, 5) is 0. The van der Waals surface area contributed by atoms with Gasteiger partial charge in [0.05, 0.1) is 6.04 Å². The molecule has 2 heteroatoms. The van der Waals surface area contributed by atoms with Crippen LogP contribution in [0, 0.1) is 0 Å². The first-order valence-corrected chi connectivity index (χ1v) is 5.31. The Labute approximate surface area is 84.3 Å². The van der Waals surface area contributed by atoms with Gasteiger partial charge in [0.2, 0.25) is 0 Å². The Balaban J connectivity index is 2.07. The van der Waals surface area contributed by atoms with E-state index in [0.717, 1.165) is 18.7 Å². The molecule has 74 valence electrons. The molecule has 1 fully saturated rings. The van der Waals surface area contributed by atoms with Gasteiger partial charge in [0.1, 0.15) is 11.4 Å². The second kappa shape index (κ2) is 2.74. The Bertz CT molecular complexity index is 363. The number of ether oxygens (including phenoxy) is 1. The van der Waals surface area contributed by atoms with Gasteiger partial charge < -0.3 is 10.1 Å². The molecule has 1 aromatic carbocycles. The lowest BCUT2D eigenvalue weighted by atomic mass is 9.86. The summed E-state index contributed by atoms with van der Waals surface area (Å²) in [6.45, 7) is 3.32. The maximum atomic E-state index is 6.04. The quantitative estimate of drug-likeness (QED) is 0.676. The number of benzene rings is 1. The molecule has 2 atom stereocenters. The number of piperidine rings is 1. The van der Waals surface area contributed by atoms with Crippen LogP contribution in [-0.4, -0.2) is 12.1 Å². The minimum atomic E-state index is -0.0120. The van der Waals surface area contributed by atoms with Crippen molar-refractivity contribution in [3.63, 3.8) is 0 Å². The van der Waals surface area contributed by atoms with Crippen molar-refractivity contribution in [2.45, 2.75) is 31.4 Å². The highest BCUT2D eigenvalue weighted by molar-refractivity contribution is 5.42. The van der Waals surface area contributed by atoms with Crippen LogP contribution >= 0.6 is 0 Å². The zero-order valence-electron chi connectivity index (χ0n) is 8.42. The molecule has 2 aliphatic rings. The maximum absolute atomic E-state index is 6.04. The maximum Gasteiger partial charge on any atom is 0.126 e. The fourth-order valence-electron chi connectivity index (χ4n) is 2.66. The fraction of sp³-hybridized carbons (Fsp3) is 0.500. The normalized spacial score (nSPS) is 34.5. The predicted octanol–water partition coefficient (Wildman–Crippen LogP) is 2.26. The smallest absolute Gasteiger partial charge is 0.126 e. The van der Waals surface area contributed by atoms with Gasteiger partial charge in [-0.2, -0.15) is 0 Å². The topological polar surface area (TPSA) is 21.3 Å². The summed E-state index contributed by atoms with van der Waals surface area (Å²) >= 11 is 0. The van der Waals surface area contributed by atoms with E-state index in [0.29, 0.717) is 6.04 Å². The second-order valence-corrected chi connectivity index (χ2v) is 4.44. The third-order valence-corrected chi connectivity index (χ3v) is 3.38. The van der Waals surface area contributed by atoms with Crippen LogP contribution < -0.4 is 10.1 Å². The summed E-state index contributed by atoms with van der Waals surface area (Å²) in [6.07, 6.45) is 2.36. The van der Waals surface area contributed by atoms with Gasteiger partial charge in [0.15, 0.2) is 0 Å². The molecule has 0 spiro atoms. The van der Waals surface area contributed by atoms with Crippen molar-refractivity contribution in [1.82, 2.24) is 5.32 Å². The van der Waals surface area contributed by atoms with Crippen molar-refractivity contribution in [3.8, 4) is 5.75 Å². The molecule has 0 aromatic heterocycles. The molecule has 2 aliphatic heterocycles. The zero-order valence-corrected chi connectivity index (χ0v) is 8.42. The van der Waals surface area contributed by atoms with E-state index >= 15 is 0 Å². The monoisotopic (exact) mass is 189 g/mol. The van der Waals surface area contributed by atoms with Crippen molar-refractivity contribution >= 4 is 0 Å². The largest absolute Gasteiger partial charge is 0.485 e. The first kappa shape index (κ1) is 8.30. The van der Waals surface area contributed by atoms with Crippen LogP contribution in [0.4, 0.5) is 0 Å². The number of hydrogen-bond acceptors (Lipinski definition) is 2. The number of nitrogens with one attached hydrogen (secondary N) is 1. The molecule has 14 heavy (non-hydrogen) atoms. The standard InChI is InChI=1S/C12H15NO/c1-12-7-4-8-13-11(12)9-5-2-3-6-10(9)14-12/h2-3,5-6,11,13H,4,7-8H2,1H3/t11-,12-/m1/s1. The minimum Gasteiger partial charge on any atom is -0.485 e. The summed E-state index contributed by atoms with van der Waals surface area (Å²) in [5.41, 5.74) is 1.32.